The van der Waals surface area contributed by atoms with Crippen molar-refractivity contribution in [2.45, 2.75) is 32.6 Å². The van der Waals surface area contributed by atoms with Crippen LogP contribution in [-0.4, -0.2) is 10.8 Å². The third-order valence-electron chi connectivity index (χ3n) is 4.14. The summed E-state index contributed by atoms with van der Waals surface area (Å²) in [5.41, 5.74) is 4.47. The van der Waals surface area contributed by atoms with Gasteiger partial charge < -0.3 is 0 Å². The van der Waals surface area contributed by atoms with Gasteiger partial charge in [-0.1, -0.05) is 48.5 Å². The summed E-state index contributed by atoms with van der Waals surface area (Å²) < 4.78 is 0. The number of rotatable bonds is 6. The first-order valence-corrected chi connectivity index (χ1v) is 8.13. The van der Waals surface area contributed by atoms with Crippen molar-refractivity contribution in [3.8, 4) is 0 Å². The number of benzene rings is 2. The molecule has 0 N–H and O–H groups in total. The smallest absolute Gasteiger partial charge is 0.133 e. The maximum Gasteiger partial charge on any atom is 0.133 e. The SMILES string of the molecule is Cc1cc(CCC(=O)CCc2ccccc2)c2ccccc2n1. The molecule has 2 nitrogen and oxygen atoms in total. The predicted molar refractivity (Wildman–Crippen MR) is 94.6 cm³/mol. The molecule has 0 aliphatic heterocycles. The Hall–Kier alpha value is -2.48. The van der Waals surface area contributed by atoms with Crippen molar-refractivity contribution >= 4 is 16.7 Å². The lowest BCUT2D eigenvalue weighted by Crippen LogP contribution is -2.03. The van der Waals surface area contributed by atoms with Gasteiger partial charge in [-0.2, -0.15) is 0 Å². The molecule has 3 aromatic rings. The zero-order chi connectivity index (χ0) is 16.1. The third kappa shape index (κ3) is 4.04. The second-order valence-corrected chi connectivity index (χ2v) is 5.96. The monoisotopic (exact) mass is 303 g/mol. The molecule has 0 fully saturated rings. The number of Topliss-reactive ketones (excluding diaryl/α,β-unsaturated/α-hetero) is 1. The van der Waals surface area contributed by atoms with Crippen LogP contribution in [0.25, 0.3) is 10.9 Å². The number of carbonyl (C=O) groups excluding carboxylic acids is 1. The number of fused-ring (bicyclic) bond motifs is 1. The minimum absolute atomic E-state index is 0.326. The van der Waals surface area contributed by atoms with Gasteiger partial charge in [-0.15, -0.1) is 0 Å². The highest BCUT2D eigenvalue weighted by atomic mass is 16.1. The summed E-state index contributed by atoms with van der Waals surface area (Å²) >= 11 is 0. The van der Waals surface area contributed by atoms with Gasteiger partial charge >= 0.3 is 0 Å². The normalized spacial score (nSPS) is 10.8. The molecule has 1 aromatic heterocycles. The van der Waals surface area contributed by atoms with Crippen LogP contribution in [0.1, 0.15) is 29.7 Å². The number of aromatic nitrogens is 1. The van der Waals surface area contributed by atoms with Crippen LogP contribution in [0.2, 0.25) is 0 Å². The van der Waals surface area contributed by atoms with Crippen LogP contribution in [0.15, 0.2) is 60.7 Å². The van der Waals surface area contributed by atoms with Crippen LogP contribution in [0.5, 0.6) is 0 Å². The van der Waals surface area contributed by atoms with Crippen molar-refractivity contribution in [3.05, 3.63) is 77.5 Å². The number of para-hydroxylation sites is 1. The molecule has 116 valence electrons. The van der Waals surface area contributed by atoms with Gasteiger partial charge in [0.25, 0.3) is 0 Å². The molecule has 2 aromatic carbocycles. The van der Waals surface area contributed by atoms with Crippen LogP contribution >= 0.6 is 0 Å². The highest BCUT2D eigenvalue weighted by Crippen LogP contribution is 2.20. The summed E-state index contributed by atoms with van der Waals surface area (Å²) in [5, 5.41) is 1.16. The fraction of sp³-hybridized carbons (Fsp3) is 0.238. The highest BCUT2D eigenvalue weighted by molar-refractivity contribution is 5.84. The van der Waals surface area contributed by atoms with Crippen molar-refractivity contribution < 1.29 is 4.79 Å². The topological polar surface area (TPSA) is 30.0 Å². The second-order valence-electron chi connectivity index (χ2n) is 5.96. The summed E-state index contributed by atoms with van der Waals surface area (Å²) in [6, 6.07) is 20.4. The molecule has 3 rings (SSSR count). The Balaban J connectivity index is 1.63. The number of nitrogens with zero attached hydrogens (tertiary/aromatic N) is 1. The number of hydrogen-bond donors (Lipinski definition) is 0. The lowest BCUT2D eigenvalue weighted by atomic mass is 9.99. The van der Waals surface area contributed by atoms with Gasteiger partial charge in [-0.05, 0) is 43.0 Å². The van der Waals surface area contributed by atoms with E-state index in [-0.39, 0.29) is 0 Å². The maximum atomic E-state index is 12.2. The van der Waals surface area contributed by atoms with Crippen molar-refractivity contribution in [3.63, 3.8) is 0 Å². The number of pyridine rings is 1. The van der Waals surface area contributed by atoms with Crippen LogP contribution in [0.4, 0.5) is 0 Å². The van der Waals surface area contributed by atoms with E-state index in [0.29, 0.717) is 18.6 Å². The third-order valence-corrected chi connectivity index (χ3v) is 4.14. The van der Waals surface area contributed by atoms with Gasteiger partial charge in [0.15, 0.2) is 0 Å². The van der Waals surface area contributed by atoms with Crippen molar-refractivity contribution in [1.29, 1.82) is 0 Å². The van der Waals surface area contributed by atoms with Crippen LogP contribution in [0, 0.1) is 6.92 Å². The van der Waals surface area contributed by atoms with E-state index in [0.717, 1.165) is 29.4 Å². The quantitative estimate of drug-likeness (QED) is 0.662. The van der Waals surface area contributed by atoms with E-state index in [1.165, 1.54) is 11.1 Å². The zero-order valence-corrected chi connectivity index (χ0v) is 13.5. The summed E-state index contributed by atoms with van der Waals surface area (Å²) in [6.07, 6.45) is 2.83. The average Bonchev–Trinajstić information content (AvgIpc) is 2.58. The van der Waals surface area contributed by atoms with E-state index in [1.807, 2.05) is 43.3 Å². The molecule has 0 aliphatic carbocycles. The number of carbonyl (C=O) groups is 1. The molecule has 0 spiro atoms. The summed E-state index contributed by atoms with van der Waals surface area (Å²) in [5.74, 6) is 0.326. The Morgan fingerprint density at radius 2 is 1.61 bits per heavy atom. The van der Waals surface area contributed by atoms with E-state index in [2.05, 4.69) is 29.2 Å². The molecule has 0 saturated carbocycles. The van der Waals surface area contributed by atoms with Crippen molar-refractivity contribution in [1.82, 2.24) is 4.98 Å². The molecule has 0 bridgehead atoms. The maximum absolute atomic E-state index is 12.2. The first-order chi connectivity index (χ1) is 11.2. The number of hydrogen-bond acceptors (Lipinski definition) is 2. The van der Waals surface area contributed by atoms with E-state index < -0.39 is 0 Å². The van der Waals surface area contributed by atoms with Crippen LogP contribution in [0.3, 0.4) is 0 Å². The first-order valence-electron chi connectivity index (χ1n) is 8.13. The second kappa shape index (κ2) is 7.19. The largest absolute Gasteiger partial charge is 0.300 e. The minimum atomic E-state index is 0.326. The summed E-state index contributed by atoms with van der Waals surface area (Å²) in [7, 11) is 0. The van der Waals surface area contributed by atoms with Crippen LogP contribution in [-0.2, 0) is 17.6 Å². The van der Waals surface area contributed by atoms with E-state index >= 15 is 0 Å². The molecule has 0 amide bonds. The standard InChI is InChI=1S/C21H21NO/c1-16-15-18(20-9-5-6-10-21(20)22-16)12-14-19(23)13-11-17-7-3-2-4-8-17/h2-10,15H,11-14H2,1H3. The fourth-order valence-electron chi connectivity index (χ4n) is 2.93. The van der Waals surface area contributed by atoms with Gasteiger partial charge in [0.1, 0.15) is 5.78 Å². The summed E-state index contributed by atoms with van der Waals surface area (Å²) in [6.45, 7) is 2.01. The fourth-order valence-corrected chi connectivity index (χ4v) is 2.93. The Morgan fingerprint density at radius 3 is 2.43 bits per heavy atom. The van der Waals surface area contributed by atoms with Gasteiger partial charge in [0.2, 0.25) is 0 Å². The zero-order valence-electron chi connectivity index (χ0n) is 13.5. The molecule has 0 atom stereocenters. The van der Waals surface area contributed by atoms with Crippen molar-refractivity contribution in [2.75, 3.05) is 0 Å². The Labute approximate surface area is 137 Å². The van der Waals surface area contributed by atoms with Crippen LogP contribution < -0.4 is 0 Å². The van der Waals surface area contributed by atoms with Gasteiger partial charge in [-0.25, -0.2) is 0 Å². The lowest BCUT2D eigenvalue weighted by molar-refractivity contribution is -0.119. The number of ketones is 1. The molecule has 0 aliphatic rings. The van der Waals surface area contributed by atoms with Gasteiger partial charge in [0, 0.05) is 23.9 Å². The molecular formula is C21H21NO. The molecule has 0 unspecified atom stereocenters. The van der Waals surface area contributed by atoms with Gasteiger partial charge in [-0.3, -0.25) is 9.78 Å². The van der Waals surface area contributed by atoms with E-state index in [9.17, 15) is 4.79 Å². The Bertz CT molecular complexity index is 808. The lowest BCUT2D eigenvalue weighted by Gasteiger charge is -2.08. The Kier molecular flexibility index (Phi) is 4.82. The Morgan fingerprint density at radius 1 is 0.913 bits per heavy atom. The highest BCUT2D eigenvalue weighted by Gasteiger charge is 2.07. The number of aryl methyl sites for hydroxylation is 3. The first kappa shape index (κ1) is 15.4. The molecule has 23 heavy (non-hydrogen) atoms. The van der Waals surface area contributed by atoms with Gasteiger partial charge in [0.05, 0.1) is 5.52 Å². The molecular weight excluding hydrogens is 282 g/mol. The average molecular weight is 303 g/mol. The van der Waals surface area contributed by atoms with Crippen molar-refractivity contribution in [2.24, 2.45) is 0 Å². The molecule has 1 heterocycles. The predicted octanol–water partition coefficient (Wildman–Crippen LogP) is 4.68. The molecule has 0 radical (unpaired) electrons. The summed E-state index contributed by atoms with van der Waals surface area (Å²) in [4.78, 5) is 16.7. The molecule has 0 saturated heterocycles. The molecule has 2 heteroatoms. The van der Waals surface area contributed by atoms with E-state index in [4.69, 9.17) is 0 Å². The van der Waals surface area contributed by atoms with E-state index in [1.54, 1.807) is 0 Å². The minimum Gasteiger partial charge on any atom is -0.300 e.